The second kappa shape index (κ2) is 8.41. The van der Waals surface area contributed by atoms with Gasteiger partial charge in [0, 0.05) is 4.90 Å². The standard InChI is InChI=1S/C16H24S/c1-4-6-7-14(3)13-15-8-10-16(11-9-15)17-12-5-2/h6-11,14H,4-5,12-13H2,1-3H3/b7-6-. The number of benzene rings is 1. The lowest BCUT2D eigenvalue weighted by Gasteiger charge is -2.07. The molecule has 0 aliphatic heterocycles. The number of allylic oxidation sites excluding steroid dienone is 2. The van der Waals surface area contributed by atoms with E-state index in [0.29, 0.717) is 5.92 Å². The molecule has 0 fully saturated rings. The van der Waals surface area contributed by atoms with Crippen molar-refractivity contribution in [2.24, 2.45) is 5.92 Å². The summed E-state index contributed by atoms with van der Waals surface area (Å²) in [6, 6.07) is 9.06. The van der Waals surface area contributed by atoms with Crippen LogP contribution in [0.15, 0.2) is 41.3 Å². The predicted molar refractivity (Wildman–Crippen MR) is 79.8 cm³/mol. The van der Waals surface area contributed by atoms with E-state index in [2.05, 4.69) is 57.2 Å². The van der Waals surface area contributed by atoms with Gasteiger partial charge < -0.3 is 0 Å². The van der Waals surface area contributed by atoms with Crippen LogP contribution in [0.5, 0.6) is 0 Å². The van der Waals surface area contributed by atoms with E-state index in [4.69, 9.17) is 0 Å². The number of thioether (sulfide) groups is 1. The highest BCUT2D eigenvalue weighted by Gasteiger charge is 2.00. The zero-order valence-electron chi connectivity index (χ0n) is 11.3. The average molecular weight is 248 g/mol. The Labute approximate surface area is 111 Å². The molecule has 0 aromatic heterocycles. The smallest absolute Gasteiger partial charge is 0.00721 e. The van der Waals surface area contributed by atoms with Crippen LogP contribution in [0.1, 0.15) is 39.2 Å². The Morgan fingerprint density at radius 2 is 1.88 bits per heavy atom. The fourth-order valence-electron chi connectivity index (χ4n) is 1.75. The van der Waals surface area contributed by atoms with Gasteiger partial charge in [-0.15, -0.1) is 11.8 Å². The SMILES string of the molecule is CC/C=C\C(C)Cc1ccc(SCCC)cc1. The zero-order valence-corrected chi connectivity index (χ0v) is 12.1. The van der Waals surface area contributed by atoms with Crippen LogP contribution in [0.25, 0.3) is 0 Å². The maximum Gasteiger partial charge on any atom is 0.00721 e. The maximum atomic E-state index is 2.32. The fourth-order valence-corrected chi connectivity index (χ4v) is 2.52. The Kier molecular flexibility index (Phi) is 7.11. The number of hydrogen-bond acceptors (Lipinski definition) is 1. The van der Waals surface area contributed by atoms with E-state index >= 15 is 0 Å². The highest BCUT2D eigenvalue weighted by Crippen LogP contribution is 2.20. The summed E-state index contributed by atoms with van der Waals surface area (Å²) in [6.07, 6.45) is 8.10. The van der Waals surface area contributed by atoms with Crippen molar-refractivity contribution in [3.05, 3.63) is 42.0 Å². The Bertz CT molecular complexity index is 324. The third-order valence-electron chi connectivity index (χ3n) is 2.65. The second-order valence-corrected chi connectivity index (χ2v) is 5.68. The molecule has 0 nitrogen and oxygen atoms in total. The third kappa shape index (κ3) is 5.97. The van der Waals surface area contributed by atoms with Gasteiger partial charge in [0.05, 0.1) is 0 Å². The molecule has 0 heterocycles. The van der Waals surface area contributed by atoms with E-state index in [1.807, 2.05) is 11.8 Å². The Morgan fingerprint density at radius 3 is 2.47 bits per heavy atom. The van der Waals surface area contributed by atoms with Gasteiger partial charge in [-0.1, -0.05) is 45.1 Å². The summed E-state index contributed by atoms with van der Waals surface area (Å²) in [5, 5.41) is 0. The Hall–Kier alpha value is -0.690. The van der Waals surface area contributed by atoms with Crippen LogP contribution in [0, 0.1) is 5.92 Å². The summed E-state index contributed by atoms with van der Waals surface area (Å²) < 4.78 is 0. The van der Waals surface area contributed by atoms with Gasteiger partial charge in [-0.2, -0.15) is 0 Å². The highest BCUT2D eigenvalue weighted by molar-refractivity contribution is 7.99. The van der Waals surface area contributed by atoms with E-state index < -0.39 is 0 Å². The molecule has 0 aliphatic rings. The first-order valence-corrected chi connectivity index (χ1v) is 7.63. The van der Waals surface area contributed by atoms with Crippen LogP contribution in [-0.4, -0.2) is 5.75 Å². The van der Waals surface area contributed by atoms with Crippen molar-refractivity contribution in [3.63, 3.8) is 0 Å². The van der Waals surface area contributed by atoms with Crippen molar-refractivity contribution < 1.29 is 0 Å². The lowest BCUT2D eigenvalue weighted by Crippen LogP contribution is -1.95. The molecular weight excluding hydrogens is 224 g/mol. The summed E-state index contributed by atoms with van der Waals surface area (Å²) in [4.78, 5) is 1.40. The first kappa shape index (κ1) is 14.4. The molecule has 0 saturated carbocycles. The molecule has 0 aliphatic carbocycles. The molecule has 1 aromatic rings. The molecule has 17 heavy (non-hydrogen) atoms. The van der Waals surface area contributed by atoms with Crippen LogP contribution >= 0.6 is 11.8 Å². The van der Waals surface area contributed by atoms with E-state index in [0.717, 1.165) is 12.8 Å². The van der Waals surface area contributed by atoms with Crippen molar-refractivity contribution in [1.82, 2.24) is 0 Å². The van der Waals surface area contributed by atoms with Gasteiger partial charge in [0.1, 0.15) is 0 Å². The second-order valence-electron chi connectivity index (χ2n) is 4.51. The van der Waals surface area contributed by atoms with Gasteiger partial charge in [0.25, 0.3) is 0 Å². The van der Waals surface area contributed by atoms with Crippen molar-refractivity contribution >= 4 is 11.8 Å². The summed E-state index contributed by atoms with van der Waals surface area (Å²) in [5.74, 6) is 1.86. The summed E-state index contributed by atoms with van der Waals surface area (Å²) in [6.45, 7) is 6.69. The van der Waals surface area contributed by atoms with Gasteiger partial charge in [0.2, 0.25) is 0 Å². The van der Waals surface area contributed by atoms with Crippen LogP contribution < -0.4 is 0 Å². The van der Waals surface area contributed by atoms with Crippen molar-refractivity contribution in [3.8, 4) is 0 Å². The zero-order chi connectivity index (χ0) is 12.5. The topological polar surface area (TPSA) is 0 Å². The first-order valence-electron chi connectivity index (χ1n) is 6.64. The van der Waals surface area contributed by atoms with Crippen LogP contribution in [0.2, 0.25) is 0 Å². The van der Waals surface area contributed by atoms with Crippen molar-refractivity contribution in [1.29, 1.82) is 0 Å². The van der Waals surface area contributed by atoms with Gasteiger partial charge in [-0.3, -0.25) is 0 Å². The highest BCUT2D eigenvalue weighted by atomic mass is 32.2. The molecular formula is C16H24S. The van der Waals surface area contributed by atoms with Crippen molar-refractivity contribution in [2.75, 3.05) is 5.75 Å². The Balaban J connectivity index is 2.47. The lowest BCUT2D eigenvalue weighted by atomic mass is 10.0. The molecule has 1 atom stereocenters. The lowest BCUT2D eigenvalue weighted by molar-refractivity contribution is 0.720. The summed E-state index contributed by atoms with van der Waals surface area (Å²) >= 11 is 1.95. The predicted octanol–water partition coefficient (Wildman–Crippen LogP) is 5.33. The fraction of sp³-hybridized carbons (Fsp3) is 0.500. The first-order chi connectivity index (χ1) is 8.26. The molecule has 1 rings (SSSR count). The summed E-state index contributed by atoms with van der Waals surface area (Å²) in [7, 11) is 0. The molecule has 1 heteroatoms. The van der Waals surface area contributed by atoms with E-state index in [9.17, 15) is 0 Å². The minimum atomic E-state index is 0.643. The van der Waals surface area contributed by atoms with E-state index in [1.54, 1.807) is 0 Å². The normalized spacial score (nSPS) is 13.1. The van der Waals surface area contributed by atoms with Gasteiger partial charge in [-0.25, -0.2) is 0 Å². The van der Waals surface area contributed by atoms with Crippen LogP contribution in [0.4, 0.5) is 0 Å². The Morgan fingerprint density at radius 1 is 1.18 bits per heavy atom. The molecule has 0 amide bonds. The number of hydrogen-bond donors (Lipinski definition) is 0. The molecule has 1 aromatic carbocycles. The molecule has 0 N–H and O–H groups in total. The van der Waals surface area contributed by atoms with E-state index in [1.165, 1.54) is 22.6 Å². The largest absolute Gasteiger partial charge is 0.126 e. The monoisotopic (exact) mass is 248 g/mol. The number of rotatable bonds is 7. The van der Waals surface area contributed by atoms with Crippen LogP contribution in [0.3, 0.4) is 0 Å². The molecule has 94 valence electrons. The minimum absolute atomic E-state index is 0.643. The molecule has 1 unspecified atom stereocenters. The van der Waals surface area contributed by atoms with Gasteiger partial charge in [0.15, 0.2) is 0 Å². The molecule has 0 saturated heterocycles. The molecule has 0 bridgehead atoms. The van der Waals surface area contributed by atoms with Crippen molar-refractivity contribution in [2.45, 2.75) is 44.9 Å². The van der Waals surface area contributed by atoms with E-state index in [-0.39, 0.29) is 0 Å². The van der Waals surface area contributed by atoms with Gasteiger partial charge in [-0.05, 0) is 48.6 Å². The molecule has 0 radical (unpaired) electrons. The summed E-state index contributed by atoms with van der Waals surface area (Å²) in [5.41, 5.74) is 1.44. The molecule has 0 spiro atoms. The minimum Gasteiger partial charge on any atom is -0.126 e. The average Bonchev–Trinajstić information content (AvgIpc) is 2.35. The van der Waals surface area contributed by atoms with Crippen LogP contribution in [-0.2, 0) is 6.42 Å². The van der Waals surface area contributed by atoms with Gasteiger partial charge >= 0.3 is 0 Å². The quantitative estimate of drug-likeness (QED) is 0.464. The third-order valence-corrected chi connectivity index (χ3v) is 3.87. The maximum absolute atomic E-state index is 2.32.